The quantitative estimate of drug-likeness (QED) is 0.0347. The Hall–Kier alpha value is -1.59. The van der Waals surface area contributed by atoms with Gasteiger partial charge in [-0.15, -0.1) is 0 Å². The molecule has 0 aromatic rings. The third kappa shape index (κ3) is 45.3. The third-order valence-electron chi connectivity index (χ3n) is 11.4. The van der Waals surface area contributed by atoms with Crippen LogP contribution in [0.4, 0.5) is 0 Å². The van der Waals surface area contributed by atoms with Crippen LogP contribution in [0, 0.1) is 17.8 Å². The van der Waals surface area contributed by atoms with Crippen LogP contribution in [-0.4, -0.2) is 37.2 Å². The number of carbonyl (C=O) groups excluding carboxylic acids is 3. The number of ether oxygens (including phenoxy) is 3. The van der Waals surface area contributed by atoms with Gasteiger partial charge in [-0.05, 0) is 37.0 Å². The van der Waals surface area contributed by atoms with E-state index >= 15 is 0 Å². The van der Waals surface area contributed by atoms with E-state index in [1.807, 2.05) is 0 Å². The summed E-state index contributed by atoms with van der Waals surface area (Å²) in [6.45, 7) is 13.7. The molecule has 1 atom stereocenters. The molecule has 0 spiro atoms. The van der Waals surface area contributed by atoms with Crippen molar-refractivity contribution in [3.63, 3.8) is 0 Å². The highest BCUT2D eigenvalue weighted by Gasteiger charge is 2.19. The highest BCUT2D eigenvalue weighted by Crippen LogP contribution is 2.17. The topological polar surface area (TPSA) is 78.9 Å². The summed E-state index contributed by atoms with van der Waals surface area (Å²) >= 11 is 0. The summed E-state index contributed by atoms with van der Waals surface area (Å²) in [6.07, 6.45) is 40.9. The summed E-state index contributed by atoms with van der Waals surface area (Å²) in [5, 5.41) is 0. The Labute approximate surface area is 355 Å². The first-order valence-corrected chi connectivity index (χ1v) is 25.1. The van der Waals surface area contributed by atoms with Gasteiger partial charge in [0.1, 0.15) is 13.2 Å². The van der Waals surface area contributed by atoms with Gasteiger partial charge in [0.15, 0.2) is 6.10 Å². The van der Waals surface area contributed by atoms with Crippen molar-refractivity contribution in [3.8, 4) is 0 Å². The molecule has 0 saturated carbocycles. The van der Waals surface area contributed by atoms with E-state index in [9.17, 15) is 14.4 Å². The van der Waals surface area contributed by atoms with Crippen LogP contribution in [0.25, 0.3) is 0 Å². The highest BCUT2D eigenvalue weighted by atomic mass is 16.6. The third-order valence-corrected chi connectivity index (χ3v) is 11.4. The second-order valence-corrected chi connectivity index (χ2v) is 18.9. The zero-order valence-corrected chi connectivity index (χ0v) is 39.1. The van der Waals surface area contributed by atoms with E-state index in [-0.39, 0.29) is 31.1 Å². The smallest absolute Gasteiger partial charge is 0.306 e. The molecule has 0 rings (SSSR count). The maximum Gasteiger partial charge on any atom is 0.306 e. The van der Waals surface area contributed by atoms with Crippen LogP contribution in [0.5, 0.6) is 0 Å². The molecule has 0 aromatic carbocycles. The van der Waals surface area contributed by atoms with E-state index in [4.69, 9.17) is 14.2 Å². The Balaban J connectivity index is 4.33. The van der Waals surface area contributed by atoms with Crippen molar-refractivity contribution in [3.05, 3.63) is 0 Å². The molecule has 0 heterocycles. The second-order valence-electron chi connectivity index (χ2n) is 18.9. The fourth-order valence-electron chi connectivity index (χ4n) is 7.59. The molecule has 338 valence electrons. The predicted octanol–water partition coefficient (Wildman–Crippen LogP) is 16.0. The molecule has 0 aliphatic carbocycles. The standard InChI is InChI=1S/C51H98O6/c1-45(2)37-31-25-19-13-8-7-9-16-22-28-34-40-49(52)55-43-48(57-51(54)42-36-30-24-18-12-15-21-27-33-39-47(5)6)44-56-50(53)41-35-29-23-17-11-10-14-20-26-32-38-46(3)4/h45-48H,7-44H2,1-6H3/t48-/m1/s1. The molecule has 57 heavy (non-hydrogen) atoms. The van der Waals surface area contributed by atoms with E-state index in [1.54, 1.807) is 0 Å². The second kappa shape index (κ2) is 42.5. The highest BCUT2D eigenvalue weighted by molar-refractivity contribution is 5.71. The first-order chi connectivity index (χ1) is 27.6. The van der Waals surface area contributed by atoms with Gasteiger partial charge in [0.25, 0.3) is 0 Å². The molecule has 0 aliphatic rings. The van der Waals surface area contributed by atoms with Crippen molar-refractivity contribution in [2.24, 2.45) is 17.8 Å². The van der Waals surface area contributed by atoms with Crippen LogP contribution in [0.3, 0.4) is 0 Å². The van der Waals surface area contributed by atoms with Gasteiger partial charge in [0.2, 0.25) is 0 Å². The van der Waals surface area contributed by atoms with Gasteiger partial charge < -0.3 is 14.2 Å². The van der Waals surface area contributed by atoms with E-state index in [0.29, 0.717) is 19.3 Å². The maximum atomic E-state index is 12.8. The van der Waals surface area contributed by atoms with Gasteiger partial charge in [-0.1, -0.05) is 234 Å². The molecule has 0 N–H and O–H groups in total. The average Bonchev–Trinajstić information content (AvgIpc) is 3.16. The van der Waals surface area contributed by atoms with E-state index in [2.05, 4.69) is 41.5 Å². The lowest BCUT2D eigenvalue weighted by Gasteiger charge is -2.18. The van der Waals surface area contributed by atoms with E-state index < -0.39 is 6.10 Å². The van der Waals surface area contributed by atoms with Crippen LogP contribution < -0.4 is 0 Å². The van der Waals surface area contributed by atoms with E-state index in [0.717, 1.165) is 75.5 Å². The SMILES string of the molecule is CC(C)CCCCCCCCCCCCCC(=O)OC[C@H](COC(=O)CCCCCCCCCCCCC(C)C)OC(=O)CCCCCCCCCCCC(C)C. The van der Waals surface area contributed by atoms with Crippen LogP contribution in [0.15, 0.2) is 0 Å². The van der Waals surface area contributed by atoms with Crippen LogP contribution >= 0.6 is 0 Å². The first kappa shape index (κ1) is 55.4. The molecule has 0 aliphatic heterocycles. The molecule has 0 fully saturated rings. The summed E-state index contributed by atoms with van der Waals surface area (Å²) in [4.78, 5) is 37.9. The molecular formula is C51H98O6. The van der Waals surface area contributed by atoms with Crippen molar-refractivity contribution in [2.45, 2.75) is 279 Å². The van der Waals surface area contributed by atoms with Gasteiger partial charge in [-0.2, -0.15) is 0 Å². The Morgan fingerprint density at radius 3 is 0.754 bits per heavy atom. The summed E-state index contributed by atoms with van der Waals surface area (Å²) in [5.41, 5.74) is 0. The van der Waals surface area contributed by atoms with Crippen LogP contribution in [0.2, 0.25) is 0 Å². The van der Waals surface area contributed by atoms with E-state index in [1.165, 1.54) is 154 Å². The molecule has 0 radical (unpaired) electrons. The number of carbonyl (C=O) groups is 3. The number of esters is 3. The summed E-state index contributed by atoms with van der Waals surface area (Å²) in [6, 6.07) is 0. The molecule has 0 amide bonds. The Bertz CT molecular complexity index is 883. The van der Waals surface area contributed by atoms with Crippen molar-refractivity contribution in [2.75, 3.05) is 13.2 Å². The lowest BCUT2D eigenvalue weighted by molar-refractivity contribution is -0.167. The lowest BCUT2D eigenvalue weighted by Crippen LogP contribution is -2.30. The first-order valence-electron chi connectivity index (χ1n) is 25.1. The minimum atomic E-state index is -0.762. The number of hydrogen-bond donors (Lipinski definition) is 0. The Morgan fingerprint density at radius 2 is 0.509 bits per heavy atom. The monoisotopic (exact) mass is 807 g/mol. The molecule has 0 unspecified atom stereocenters. The average molecular weight is 807 g/mol. The predicted molar refractivity (Wildman–Crippen MR) is 243 cm³/mol. The molecule has 0 saturated heterocycles. The Morgan fingerprint density at radius 1 is 0.298 bits per heavy atom. The Kier molecular flexibility index (Phi) is 41.3. The summed E-state index contributed by atoms with van der Waals surface area (Å²) < 4.78 is 16.8. The largest absolute Gasteiger partial charge is 0.462 e. The van der Waals surface area contributed by atoms with Crippen LogP contribution in [0.1, 0.15) is 273 Å². The minimum Gasteiger partial charge on any atom is -0.462 e. The fraction of sp³-hybridized carbons (Fsp3) is 0.941. The summed E-state index contributed by atoms with van der Waals surface area (Å²) in [7, 11) is 0. The molecule has 6 nitrogen and oxygen atoms in total. The van der Waals surface area contributed by atoms with Crippen molar-refractivity contribution < 1.29 is 28.6 Å². The normalized spacial score (nSPS) is 12.2. The van der Waals surface area contributed by atoms with Gasteiger partial charge in [-0.25, -0.2) is 0 Å². The zero-order valence-electron chi connectivity index (χ0n) is 39.1. The number of unbranched alkanes of at least 4 members (excludes halogenated alkanes) is 27. The lowest BCUT2D eigenvalue weighted by atomic mass is 10.0. The zero-order chi connectivity index (χ0) is 42.0. The van der Waals surface area contributed by atoms with Crippen LogP contribution in [-0.2, 0) is 28.6 Å². The fourth-order valence-corrected chi connectivity index (χ4v) is 7.59. The van der Waals surface area contributed by atoms with Crippen molar-refractivity contribution >= 4 is 17.9 Å². The van der Waals surface area contributed by atoms with Gasteiger partial charge >= 0.3 is 17.9 Å². The molecule has 0 aromatic heterocycles. The van der Waals surface area contributed by atoms with Gasteiger partial charge in [-0.3, -0.25) is 14.4 Å². The molecule has 6 heteroatoms. The molecular weight excluding hydrogens is 709 g/mol. The summed E-state index contributed by atoms with van der Waals surface area (Å²) in [5.74, 6) is 1.60. The van der Waals surface area contributed by atoms with Gasteiger partial charge in [0, 0.05) is 19.3 Å². The number of rotatable bonds is 44. The maximum absolute atomic E-state index is 12.8. The number of hydrogen-bond acceptors (Lipinski definition) is 6. The van der Waals surface area contributed by atoms with Crippen molar-refractivity contribution in [1.82, 2.24) is 0 Å². The minimum absolute atomic E-state index is 0.0653. The van der Waals surface area contributed by atoms with Gasteiger partial charge in [0.05, 0.1) is 0 Å². The molecule has 0 bridgehead atoms. The van der Waals surface area contributed by atoms with Crippen molar-refractivity contribution in [1.29, 1.82) is 0 Å².